The molecule has 0 spiro atoms. The van der Waals surface area contributed by atoms with Gasteiger partial charge in [-0.3, -0.25) is 4.79 Å². The number of hydrogen-bond donors (Lipinski definition) is 2. The molecule has 2 N–H and O–H groups in total. The molecule has 0 aliphatic rings. The lowest BCUT2D eigenvalue weighted by Crippen LogP contribution is -2.15. The maximum Gasteiger partial charge on any atom is 0.267 e. The molecule has 0 atom stereocenters. The number of halogens is 1. The second kappa shape index (κ2) is 9.51. The van der Waals surface area contributed by atoms with Gasteiger partial charge in [0.15, 0.2) is 0 Å². The molecule has 0 fully saturated rings. The number of anilines is 2. The zero-order valence-electron chi connectivity index (χ0n) is 17.4. The van der Waals surface area contributed by atoms with Crippen molar-refractivity contribution >= 4 is 61.4 Å². The highest BCUT2D eigenvalue weighted by Crippen LogP contribution is 2.31. The summed E-state index contributed by atoms with van der Waals surface area (Å²) < 4.78 is 2.25. The minimum Gasteiger partial charge on any atom is -0.360 e. The second-order valence-corrected chi connectivity index (χ2v) is 9.57. The van der Waals surface area contributed by atoms with Crippen molar-refractivity contribution in [3.63, 3.8) is 0 Å². The van der Waals surface area contributed by atoms with Crippen LogP contribution in [0.2, 0.25) is 0 Å². The first-order valence-corrected chi connectivity index (χ1v) is 11.7. The molecule has 4 aromatic rings. The molecule has 1 amide bonds. The fourth-order valence-corrected chi connectivity index (χ4v) is 4.84. The molecule has 5 nitrogen and oxygen atoms in total. The zero-order valence-corrected chi connectivity index (χ0v) is 20.4. The molecule has 0 aliphatic heterocycles. The van der Waals surface area contributed by atoms with E-state index in [-0.39, 0.29) is 5.57 Å². The van der Waals surface area contributed by atoms with Crippen LogP contribution in [0.3, 0.4) is 0 Å². The third-order valence-electron chi connectivity index (χ3n) is 4.86. The molecular weight excluding hydrogens is 531 g/mol. The van der Waals surface area contributed by atoms with Crippen LogP contribution in [0.25, 0.3) is 20.8 Å². The van der Waals surface area contributed by atoms with Crippen LogP contribution in [0.1, 0.15) is 11.1 Å². The first-order valence-electron chi connectivity index (χ1n) is 9.85. The quantitative estimate of drug-likeness (QED) is 0.166. The van der Waals surface area contributed by atoms with Crippen molar-refractivity contribution in [2.75, 3.05) is 10.6 Å². The monoisotopic (exact) mass is 550 g/mol. The predicted octanol–water partition coefficient (Wildman–Crippen LogP) is 6.64. The average Bonchev–Trinajstić information content (AvgIpc) is 3.20. The molecule has 0 radical (unpaired) electrons. The Morgan fingerprint density at radius 2 is 1.88 bits per heavy atom. The smallest absolute Gasteiger partial charge is 0.267 e. The van der Waals surface area contributed by atoms with Gasteiger partial charge in [-0.05, 0) is 102 Å². The number of rotatable bonds is 5. The third kappa shape index (κ3) is 4.98. The molecule has 0 unspecified atom stereocenters. The molecular formula is C25H19IN4OS. The number of benzene rings is 3. The molecule has 0 saturated heterocycles. The van der Waals surface area contributed by atoms with Gasteiger partial charge in [0.05, 0.1) is 10.2 Å². The number of nitrogens with one attached hydrogen (secondary N) is 2. The van der Waals surface area contributed by atoms with Crippen molar-refractivity contribution in [1.82, 2.24) is 4.98 Å². The van der Waals surface area contributed by atoms with Gasteiger partial charge in [0, 0.05) is 26.7 Å². The minimum absolute atomic E-state index is 0.00595. The van der Waals surface area contributed by atoms with Crippen LogP contribution < -0.4 is 10.6 Å². The Balaban J connectivity index is 1.46. The SMILES string of the molecule is Cc1ccc2nc(-c3ccc(N/C=C(/C#N)C(=O)Nc4ccc(I)cc4C)cc3)sc2c1. The number of nitrogens with zero attached hydrogens (tertiary/aromatic N) is 2. The Morgan fingerprint density at radius 3 is 2.59 bits per heavy atom. The summed E-state index contributed by atoms with van der Waals surface area (Å²) in [4.78, 5) is 17.2. The fourth-order valence-electron chi connectivity index (χ4n) is 3.13. The lowest BCUT2D eigenvalue weighted by molar-refractivity contribution is -0.112. The third-order valence-corrected chi connectivity index (χ3v) is 6.60. The highest BCUT2D eigenvalue weighted by atomic mass is 127. The average molecular weight is 550 g/mol. The summed E-state index contributed by atoms with van der Waals surface area (Å²) in [6, 6.07) is 21.7. The maximum atomic E-state index is 12.5. The first-order chi connectivity index (χ1) is 15.4. The Morgan fingerprint density at radius 1 is 1.09 bits per heavy atom. The van der Waals surface area contributed by atoms with Crippen molar-refractivity contribution in [1.29, 1.82) is 5.26 Å². The predicted molar refractivity (Wildman–Crippen MR) is 140 cm³/mol. The highest BCUT2D eigenvalue weighted by Gasteiger charge is 2.11. The van der Waals surface area contributed by atoms with Crippen molar-refractivity contribution in [2.45, 2.75) is 13.8 Å². The number of amides is 1. The van der Waals surface area contributed by atoms with Gasteiger partial charge in [0.25, 0.3) is 5.91 Å². The van der Waals surface area contributed by atoms with Gasteiger partial charge >= 0.3 is 0 Å². The van der Waals surface area contributed by atoms with Gasteiger partial charge < -0.3 is 10.6 Å². The Labute approximate surface area is 204 Å². The van der Waals surface area contributed by atoms with Crippen LogP contribution in [0.15, 0.2) is 72.4 Å². The lowest BCUT2D eigenvalue weighted by atomic mass is 10.2. The summed E-state index contributed by atoms with van der Waals surface area (Å²) in [7, 11) is 0. The maximum absolute atomic E-state index is 12.5. The number of fused-ring (bicyclic) bond motifs is 1. The number of aryl methyl sites for hydroxylation is 2. The molecule has 1 aromatic heterocycles. The molecule has 32 heavy (non-hydrogen) atoms. The lowest BCUT2D eigenvalue weighted by Gasteiger charge is -2.08. The van der Waals surface area contributed by atoms with E-state index in [1.54, 1.807) is 11.3 Å². The van der Waals surface area contributed by atoms with Crippen molar-refractivity contribution in [3.8, 4) is 16.6 Å². The van der Waals surface area contributed by atoms with Gasteiger partial charge in [0.2, 0.25) is 0 Å². The molecule has 1 heterocycles. The standard InChI is InChI=1S/C25H19IN4OS/c1-15-3-9-22-23(11-15)32-25(30-22)17-4-7-20(8-5-17)28-14-18(13-27)24(31)29-21-10-6-19(26)12-16(21)2/h3-12,14,28H,1-2H3,(H,29,31)/b18-14-. The highest BCUT2D eigenvalue weighted by molar-refractivity contribution is 14.1. The van der Waals surface area contributed by atoms with Gasteiger partial charge in [-0.15, -0.1) is 11.3 Å². The summed E-state index contributed by atoms with van der Waals surface area (Å²) in [5.41, 5.74) is 5.63. The number of hydrogen-bond acceptors (Lipinski definition) is 5. The van der Waals surface area contributed by atoms with Gasteiger partial charge in [-0.1, -0.05) is 6.07 Å². The van der Waals surface area contributed by atoms with Gasteiger partial charge in [-0.2, -0.15) is 5.26 Å². The van der Waals surface area contributed by atoms with E-state index in [1.807, 2.05) is 61.5 Å². The van der Waals surface area contributed by atoms with E-state index in [2.05, 4.69) is 52.3 Å². The summed E-state index contributed by atoms with van der Waals surface area (Å²) in [5, 5.41) is 16.2. The summed E-state index contributed by atoms with van der Waals surface area (Å²) >= 11 is 3.88. The van der Waals surface area contributed by atoms with Gasteiger partial charge in [0.1, 0.15) is 16.6 Å². The number of carbonyl (C=O) groups is 1. The number of aromatic nitrogens is 1. The van der Waals surface area contributed by atoms with E-state index in [0.29, 0.717) is 5.69 Å². The van der Waals surface area contributed by atoms with E-state index in [9.17, 15) is 10.1 Å². The van der Waals surface area contributed by atoms with Crippen LogP contribution in [-0.4, -0.2) is 10.9 Å². The van der Waals surface area contributed by atoms with Crippen LogP contribution >= 0.6 is 33.9 Å². The summed E-state index contributed by atoms with van der Waals surface area (Å²) in [6.07, 6.45) is 1.42. The van der Waals surface area contributed by atoms with Crippen molar-refractivity contribution in [3.05, 3.63) is 87.1 Å². The van der Waals surface area contributed by atoms with Crippen LogP contribution in [0.4, 0.5) is 11.4 Å². The Kier molecular flexibility index (Phi) is 6.53. The summed E-state index contributed by atoms with van der Waals surface area (Å²) in [5.74, 6) is -0.453. The molecule has 3 aromatic carbocycles. The number of carbonyl (C=O) groups excluding carboxylic acids is 1. The fraction of sp³-hybridized carbons (Fsp3) is 0.0800. The van der Waals surface area contributed by atoms with E-state index in [1.165, 1.54) is 11.8 Å². The molecule has 7 heteroatoms. The first kappa shape index (κ1) is 22.0. The molecule has 158 valence electrons. The van der Waals surface area contributed by atoms with E-state index in [4.69, 9.17) is 4.98 Å². The number of nitriles is 1. The normalized spacial score (nSPS) is 11.2. The van der Waals surface area contributed by atoms with E-state index < -0.39 is 5.91 Å². The minimum atomic E-state index is -0.453. The van der Waals surface area contributed by atoms with Crippen molar-refractivity contribution < 1.29 is 4.79 Å². The molecule has 0 saturated carbocycles. The van der Waals surface area contributed by atoms with Crippen molar-refractivity contribution in [2.24, 2.45) is 0 Å². The molecule has 4 rings (SSSR count). The second-order valence-electron chi connectivity index (χ2n) is 7.30. The van der Waals surface area contributed by atoms with Gasteiger partial charge in [-0.25, -0.2) is 4.98 Å². The van der Waals surface area contributed by atoms with E-state index in [0.717, 1.165) is 35.6 Å². The van der Waals surface area contributed by atoms with E-state index >= 15 is 0 Å². The topological polar surface area (TPSA) is 77.8 Å². The van der Waals surface area contributed by atoms with Crippen LogP contribution in [0.5, 0.6) is 0 Å². The Hall–Kier alpha value is -3.22. The zero-order chi connectivity index (χ0) is 22.7. The van der Waals surface area contributed by atoms with Crippen LogP contribution in [-0.2, 0) is 4.79 Å². The Bertz CT molecular complexity index is 1380. The summed E-state index contributed by atoms with van der Waals surface area (Å²) in [6.45, 7) is 3.99. The number of thiazole rings is 1. The molecule has 0 bridgehead atoms. The largest absolute Gasteiger partial charge is 0.360 e. The molecule has 0 aliphatic carbocycles. The van der Waals surface area contributed by atoms with Crippen LogP contribution in [0, 0.1) is 28.7 Å².